The molecule has 0 bridgehead atoms. The van der Waals surface area contributed by atoms with E-state index in [4.69, 9.17) is 19.9 Å². The van der Waals surface area contributed by atoms with Gasteiger partial charge in [0.05, 0.1) is 27.3 Å². The molecule has 0 N–H and O–H groups in total. The van der Waals surface area contributed by atoms with E-state index in [0.29, 0.717) is 11.6 Å². The Bertz CT molecular complexity index is 2720. The molecule has 0 radical (unpaired) electrons. The van der Waals surface area contributed by atoms with Gasteiger partial charge in [0.2, 0.25) is 0 Å². The summed E-state index contributed by atoms with van der Waals surface area (Å²) in [5.41, 5.74) is 7.78. The molecule has 0 amide bonds. The van der Waals surface area contributed by atoms with Crippen LogP contribution in [-0.2, 0) is 0 Å². The molecule has 0 aliphatic carbocycles. The maximum absolute atomic E-state index is 5.23. The van der Waals surface area contributed by atoms with Gasteiger partial charge in [0.1, 0.15) is 0 Å². The van der Waals surface area contributed by atoms with Crippen molar-refractivity contribution >= 4 is 69.2 Å². The molecule has 0 fully saturated rings. The molecule has 4 heterocycles. The summed E-state index contributed by atoms with van der Waals surface area (Å²) in [5.74, 6) is 1.42. The average molecular weight is 677 g/mol. The fraction of sp³-hybridized carbons (Fsp3) is 0. The highest BCUT2D eigenvalue weighted by Gasteiger charge is 2.18. The summed E-state index contributed by atoms with van der Waals surface area (Å²) in [6, 6.07) is 44.1. The Morgan fingerprint density at radius 2 is 1.22 bits per heavy atom. The van der Waals surface area contributed by atoms with Crippen LogP contribution in [0.3, 0.4) is 0 Å². The minimum absolute atomic E-state index is 0.699. The van der Waals surface area contributed by atoms with E-state index in [1.807, 2.05) is 54.6 Å². The van der Waals surface area contributed by atoms with E-state index < -0.39 is 0 Å². The van der Waals surface area contributed by atoms with Crippen molar-refractivity contribution in [1.29, 1.82) is 0 Å². The van der Waals surface area contributed by atoms with Gasteiger partial charge in [0.25, 0.3) is 0 Å². The van der Waals surface area contributed by atoms with Crippen molar-refractivity contribution in [3.8, 4) is 45.3 Å². The molecule has 4 nitrogen and oxygen atoms in total. The van der Waals surface area contributed by atoms with E-state index in [9.17, 15) is 0 Å². The van der Waals surface area contributed by atoms with Gasteiger partial charge in [0.15, 0.2) is 11.6 Å². The molecule has 9 rings (SSSR count). The Morgan fingerprint density at radius 3 is 1.98 bits per heavy atom. The maximum Gasteiger partial charge on any atom is 0.161 e. The fourth-order valence-corrected chi connectivity index (χ4v) is 8.66. The Hall–Kier alpha value is -6.08. The maximum atomic E-state index is 5.23. The van der Waals surface area contributed by atoms with Crippen molar-refractivity contribution in [1.82, 2.24) is 19.9 Å². The molecule has 6 heteroatoms. The summed E-state index contributed by atoms with van der Waals surface area (Å²) in [6.07, 6.45) is 9.73. The SMILES string of the molecule is C=C/C=C\C=C\c1nc(-c2cccc3sc4cc(-c5nc(-c6ccccc6)cc(-c6ccccc6)n5)ccc4c23)nc2c1sc1ccccc12. The first-order valence-corrected chi connectivity index (χ1v) is 18.0. The zero-order valence-electron chi connectivity index (χ0n) is 26.8. The van der Waals surface area contributed by atoms with Gasteiger partial charge in [-0.15, -0.1) is 22.7 Å². The van der Waals surface area contributed by atoms with Crippen molar-refractivity contribution in [3.05, 3.63) is 164 Å². The number of aromatic nitrogens is 4. The van der Waals surface area contributed by atoms with Crippen LogP contribution in [0, 0.1) is 0 Å². The molecule has 50 heavy (non-hydrogen) atoms. The smallest absolute Gasteiger partial charge is 0.161 e. The fourth-order valence-electron chi connectivity index (χ4n) is 6.38. The molecule has 0 unspecified atom stereocenters. The summed E-state index contributed by atoms with van der Waals surface area (Å²) >= 11 is 3.50. The third kappa shape index (κ3) is 5.41. The van der Waals surface area contributed by atoms with E-state index in [2.05, 4.69) is 104 Å². The Morgan fingerprint density at radius 1 is 0.500 bits per heavy atom. The molecule has 4 aromatic heterocycles. The van der Waals surface area contributed by atoms with Gasteiger partial charge in [0, 0.05) is 52.5 Å². The lowest BCUT2D eigenvalue weighted by molar-refractivity contribution is 1.18. The lowest BCUT2D eigenvalue weighted by Crippen LogP contribution is -1.95. The first kappa shape index (κ1) is 30.0. The number of thiophene rings is 2. The Kier molecular flexibility index (Phi) is 7.65. The third-order valence-electron chi connectivity index (χ3n) is 8.72. The summed E-state index contributed by atoms with van der Waals surface area (Å²) in [6.45, 7) is 3.79. The molecule has 0 aliphatic heterocycles. The van der Waals surface area contributed by atoms with Crippen LogP contribution in [0.25, 0.3) is 91.8 Å². The molecule has 0 saturated carbocycles. The van der Waals surface area contributed by atoms with Gasteiger partial charge >= 0.3 is 0 Å². The summed E-state index contributed by atoms with van der Waals surface area (Å²) in [4.78, 5) is 20.6. The standard InChI is InChI=1S/C44H28N4S2/c1-2-3-4-11-21-34-42-41(32-19-12-13-22-37(32)50-42)48-44(45-34)33-20-14-23-38-40(33)31-25-24-30(26-39(31)49-38)43-46-35(28-15-7-5-8-16-28)27-36(47-43)29-17-9-6-10-18-29/h2-27H,1H2/b4-3-,21-11+. The van der Waals surface area contributed by atoms with Crippen LogP contribution in [0.15, 0.2) is 158 Å². The predicted octanol–water partition coefficient (Wildman–Crippen LogP) is 12.4. The summed E-state index contributed by atoms with van der Waals surface area (Å²) in [5, 5.41) is 3.46. The first-order valence-electron chi connectivity index (χ1n) is 16.3. The number of hydrogen-bond donors (Lipinski definition) is 0. The van der Waals surface area contributed by atoms with E-state index in [-0.39, 0.29) is 0 Å². The quantitative estimate of drug-likeness (QED) is 0.158. The van der Waals surface area contributed by atoms with Gasteiger partial charge in [-0.3, -0.25) is 0 Å². The normalized spacial score (nSPS) is 11.9. The van der Waals surface area contributed by atoms with Crippen molar-refractivity contribution in [2.75, 3.05) is 0 Å². The Balaban J connectivity index is 1.21. The zero-order chi connectivity index (χ0) is 33.4. The lowest BCUT2D eigenvalue weighted by atomic mass is 10.0. The molecule has 5 aromatic carbocycles. The van der Waals surface area contributed by atoms with E-state index >= 15 is 0 Å². The highest BCUT2D eigenvalue weighted by molar-refractivity contribution is 7.26. The van der Waals surface area contributed by atoms with Crippen LogP contribution in [0.4, 0.5) is 0 Å². The molecule has 0 atom stereocenters. The third-order valence-corrected chi connectivity index (χ3v) is 11.0. The second-order valence-corrected chi connectivity index (χ2v) is 14.0. The second-order valence-electron chi connectivity index (χ2n) is 11.9. The molecule has 9 aromatic rings. The van der Waals surface area contributed by atoms with Crippen LogP contribution < -0.4 is 0 Å². The number of nitrogens with zero attached hydrogens (tertiary/aromatic N) is 4. The van der Waals surface area contributed by atoms with Crippen molar-refractivity contribution in [2.45, 2.75) is 0 Å². The van der Waals surface area contributed by atoms with Gasteiger partial charge in [-0.25, -0.2) is 19.9 Å². The number of benzene rings is 5. The Labute approximate surface area is 297 Å². The van der Waals surface area contributed by atoms with Crippen LogP contribution >= 0.6 is 22.7 Å². The predicted molar refractivity (Wildman–Crippen MR) is 214 cm³/mol. The van der Waals surface area contributed by atoms with Gasteiger partial charge in [-0.05, 0) is 30.3 Å². The molecule has 236 valence electrons. The topological polar surface area (TPSA) is 51.6 Å². The van der Waals surface area contributed by atoms with Crippen LogP contribution in [-0.4, -0.2) is 19.9 Å². The van der Waals surface area contributed by atoms with Crippen molar-refractivity contribution < 1.29 is 0 Å². The zero-order valence-corrected chi connectivity index (χ0v) is 28.5. The van der Waals surface area contributed by atoms with Crippen LogP contribution in [0.1, 0.15) is 5.69 Å². The van der Waals surface area contributed by atoms with Crippen molar-refractivity contribution in [2.24, 2.45) is 0 Å². The van der Waals surface area contributed by atoms with Gasteiger partial charge in [-0.1, -0.05) is 134 Å². The number of hydrogen-bond acceptors (Lipinski definition) is 6. The van der Waals surface area contributed by atoms with E-state index in [0.717, 1.165) is 70.4 Å². The summed E-state index contributed by atoms with van der Waals surface area (Å²) in [7, 11) is 0. The molecular formula is C44H28N4S2. The molecule has 0 aliphatic rings. The van der Waals surface area contributed by atoms with Crippen LogP contribution in [0.2, 0.25) is 0 Å². The molecular weight excluding hydrogens is 649 g/mol. The average Bonchev–Trinajstić information content (AvgIpc) is 3.75. The van der Waals surface area contributed by atoms with Crippen molar-refractivity contribution in [3.63, 3.8) is 0 Å². The molecule has 0 spiro atoms. The number of rotatable bonds is 7. The number of allylic oxidation sites excluding steroid dienone is 4. The van der Waals surface area contributed by atoms with E-state index in [1.165, 1.54) is 9.40 Å². The van der Waals surface area contributed by atoms with Crippen LogP contribution in [0.5, 0.6) is 0 Å². The largest absolute Gasteiger partial charge is 0.228 e. The minimum Gasteiger partial charge on any atom is -0.228 e. The molecule has 0 saturated heterocycles. The first-order chi connectivity index (χ1) is 24.7. The summed E-state index contributed by atoms with van der Waals surface area (Å²) < 4.78 is 4.63. The highest BCUT2D eigenvalue weighted by atomic mass is 32.1. The van der Waals surface area contributed by atoms with Gasteiger partial charge < -0.3 is 0 Å². The second kappa shape index (κ2) is 12.7. The van der Waals surface area contributed by atoms with E-state index in [1.54, 1.807) is 28.7 Å². The minimum atomic E-state index is 0.699. The lowest BCUT2D eigenvalue weighted by Gasteiger charge is -2.09. The highest BCUT2D eigenvalue weighted by Crippen LogP contribution is 2.42. The monoisotopic (exact) mass is 676 g/mol. The number of fused-ring (bicyclic) bond motifs is 6. The van der Waals surface area contributed by atoms with Gasteiger partial charge in [-0.2, -0.15) is 0 Å².